The van der Waals surface area contributed by atoms with E-state index in [-0.39, 0.29) is 20.0 Å². The molecule has 0 bridgehead atoms. The molecule has 2 aliphatic heterocycles. The molecule has 8 heteroatoms. The first-order chi connectivity index (χ1) is 17.7. The molecule has 2 atom stereocenters. The number of hydrogen-bond acceptors (Lipinski definition) is 7. The van der Waals surface area contributed by atoms with Crippen LogP contribution in [0, 0.1) is 6.92 Å². The molecule has 0 aromatic heterocycles. The van der Waals surface area contributed by atoms with Crippen molar-refractivity contribution in [3.63, 3.8) is 0 Å². The van der Waals surface area contributed by atoms with Gasteiger partial charge in [0.1, 0.15) is 18.0 Å². The molecule has 2 aromatic carbocycles. The van der Waals surface area contributed by atoms with Gasteiger partial charge in [0, 0.05) is 23.3 Å². The lowest BCUT2D eigenvalue weighted by atomic mass is 9.85. The summed E-state index contributed by atoms with van der Waals surface area (Å²) in [4.78, 5) is 15.1. The second-order valence-corrected chi connectivity index (χ2v) is 10.6. The molecule has 1 amide bonds. The van der Waals surface area contributed by atoms with Crippen molar-refractivity contribution in [2.24, 2.45) is 0 Å². The van der Waals surface area contributed by atoms with Crippen LogP contribution in [0.25, 0.3) is 0 Å². The predicted molar refractivity (Wildman–Crippen MR) is 139 cm³/mol. The van der Waals surface area contributed by atoms with Gasteiger partial charge in [-0.3, -0.25) is 4.90 Å². The molecular weight excluding hydrogens is 474 g/mol. The Bertz CT molecular complexity index is 1080. The maximum Gasteiger partial charge on any atom is 0.411 e. The second-order valence-electron chi connectivity index (χ2n) is 10.6. The third kappa shape index (κ3) is 5.96. The summed E-state index contributed by atoms with van der Waals surface area (Å²) in [5.74, 6) is 1.92. The molecule has 2 heterocycles. The van der Waals surface area contributed by atoms with Crippen molar-refractivity contribution < 1.29 is 33.6 Å². The van der Waals surface area contributed by atoms with Gasteiger partial charge < -0.3 is 28.8 Å². The van der Waals surface area contributed by atoms with Crippen LogP contribution in [0.3, 0.4) is 0 Å². The Morgan fingerprint density at radius 1 is 1.16 bits per heavy atom. The van der Waals surface area contributed by atoms with Gasteiger partial charge in [-0.2, -0.15) is 0 Å². The number of amides is 1. The Morgan fingerprint density at radius 3 is 2.57 bits per heavy atom. The van der Waals surface area contributed by atoms with Crippen molar-refractivity contribution in [1.82, 2.24) is 4.90 Å². The number of benzene rings is 2. The molecule has 0 spiro atoms. The lowest BCUT2D eigenvalue weighted by molar-refractivity contribution is -0.0257. The van der Waals surface area contributed by atoms with Crippen molar-refractivity contribution >= 4 is 6.09 Å². The van der Waals surface area contributed by atoms with E-state index in [1.54, 1.807) is 4.90 Å². The number of fused-ring (bicyclic) bond motifs is 3. The zero-order chi connectivity index (χ0) is 26.6. The Balaban J connectivity index is 1.80. The molecule has 0 unspecified atom stereocenters. The zero-order valence-electron chi connectivity index (χ0n) is 22.5. The summed E-state index contributed by atoms with van der Waals surface area (Å²) in [6.45, 7) is 10.6. The van der Waals surface area contributed by atoms with E-state index in [9.17, 15) is 9.90 Å². The average molecular weight is 514 g/mol. The van der Waals surface area contributed by atoms with Crippen LogP contribution in [0.15, 0.2) is 30.3 Å². The van der Waals surface area contributed by atoms with E-state index in [1.807, 2.05) is 58.0 Å². The van der Waals surface area contributed by atoms with Crippen LogP contribution < -0.4 is 14.2 Å². The highest BCUT2D eigenvalue weighted by Gasteiger charge is 2.45. The molecule has 4 rings (SSSR count). The van der Waals surface area contributed by atoms with Gasteiger partial charge in [0.25, 0.3) is 0 Å². The SMILES string of the molecule is CCCCOC[C@H]1c2c(c(OCc3ccccc3)c(C)c3c2OCO3)C[C@@H](CO)N1C(=O)OC(C)(C)C. The number of aliphatic hydroxyl groups excluding tert-OH is 1. The smallest absolute Gasteiger partial charge is 0.411 e. The van der Waals surface area contributed by atoms with Crippen LogP contribution in [-0.2, 0) is 22.5 Å². The van der Waals surface area contributed by atoms with Crippen LogP contribution >= 0.6 is 0 Å². The quantitative estimate of drug-likeness (QED) is 0.455. The topological polar surface area (TPSA) is 86.7 Å². The maximum atomic E-state index is 13.5. The fourth-order valence-electron chi connectivity index (χ4n) is 4.90. The summed E-state index contributed by atoms with van der Waals surface area (Å²) in [6.07, 6.45) is 1.80. The van der Waals surface area contributed by atoms with Gasteiger partial charge in [-0.25, -0.2) is 4.79 Å². The van der Waals surface area contributed by atoms with Gasteiger partial charge in [0.15, 0.2) is 11.5 Å². The van der Waals surface area contributed by atoms with Crippen molar-refractivity contribution in [2.45, 2.75) is 78.2 Å². The number of hydrogen-bond donors (Lipinski definition) is 1. The van der Waals surface area contributed by atoms with E-state index >= 15 is 0 Å². The molecule has 0 fully saturated rings. The summed E-state index contributed by atoms with van der Waals surface area (Å²) in [5.41, 5.74) is 2.89. The predicted octanol–water partition coefficient (Wildman–Crippen LogP) is 5.31. The Morgan fingerprint density at radius 2 is 1.89 bits per heavy atom. The fraction of sp³-hybridized carbons (Fsp3) is 0.552. The minimum absolute atomic E-state index is 0.0873. The van der Waals surface area contributed by atoms with Gasteiger partial charge in [-0.15, -0.1) is 0 Å². The summed E-state index contributed by atoms with van der Waals surface area (Å²) in [5, 5.41) is 10.4. The highest BCUT2D eigenvalue weighted by atomic mass is 16.7. The first-order valence-electron chi connectivity index (χ1n) is 13.1. The van der Waals surface area contributed by atoms with E-state index in [0.29, 0.717) is 36.9 Å². The molecular formula is C29H39NO7. The minimum Gasteiger partial charge on any atom is -0.488 e. The monoisotopic (exact) mass is 513 g/mol. The Labute approximate surface area is 219 Å². The summed E-state index contributed by atoms with van der Waals surface area (Å²) in [6, 6.07) is 8.90. The number of rotatable bonds is 9. The minimum atomic E-state index is -0.691. The molecule has 0 aliphatic carbocycles. The Kier molecular flexibility index (Phi) is 8.49. The van der Waals surface area contributed by atoms with E-state index in [1.165, 1.54) is 0 Å². The van der Waals surface area contributed by atoms with Gasteiger partial charge in [0.05, 0.1) is 25.3 Å². The summed E-state index contributed by atoms with van der Waals surface area (Å²) < 4.78 is 30.1. The molecule has 0 radical (unpaired) electrons. The van der Waals surface area contributed by atoms with Crippen LogP contribution in [0.1, 0.15) is 68.8 Å². The molecule has 0 saturated heterocycles. The van der Waals surface area contributed by atoms with Crippen molar-refractivity contribution in [3.8, 4) is 17.2 Å². The van der Waals surface area contributed by atoms with Crippen molar-refractivity contribution in [2.75, 3.05) is 26.6 Å². The van der Waals surface area contributed by atoms with E-state index in [4.69, 9.17) is 23.7 Å². The van der Waals surface area contributed by atoms with E-state index in [0.717, 1.165) is 35.1 Å². The van der Waals surface area contributed by atoms with Crippen LogP contribution in [0.4, 0.5) is 4.79 Å². The fourth-order valence-corrected chi connectivity index (χ4v) is 4.90. The highest BCUT2D eigenvalue weighted by molar-refractivity contribution is 5.73. The number of unbranched alkanes of at least 4 members (excludes halogenated alkanes) is 1. The molecule has 1 N–H and O–H groups in total. The van der Waals surface area contributed by atoms with Crippen LogP contribution in [0.2, 0.25) is 0 Å². The molecule has 0 saturated carbocycles. The molecule has 37 heavy (non-hydrogen) atoms. The molecule has 2 aromatic rings. The maximum absolute atomic E-state index is 13.5. The highest BCUT2D eigenvalue weighted by Crippen LogP contribution is 2.52. The molecule has 2 aliphatic rings. The van der Waals surface area contributed by atoms with Crippen molar-refractivity contribution in [3.05, 3.63) is 52.6 Å². The zero-order valence-corrected chi connectivity index (χ0v) is 22.5. The lowest BCUT2D eigenvalue weighted by Gasteiger charge is -2.43. The molecule has 8 nitrogen and oxygen atoms in total. The standard InChI is InChI=1S/C29H39NO7/c1-6-7-13-33-17-23-24-22(14-21(15-31)30(23)28(32)37-29(3,4)5)25(19(2)26-27(24)36-18-35-26)34-16-20-11-9-8-10-12-20/h8-12,21,23,31H,6-7,13-18H2,1-5H3/t21-,23-/m0/s1. The lowest BCUT2D eigenvalue weighted by Crippen LogP contribution is -2.52. The number of aliphatic hydroxyl groups is 1. The summed E-state index contributed by atoms with van der Waals surface area (Å²) in [7, 11) is 0. The van der Waals surface area contributed by atoms with Gasteiger partial charge in [-0.05, 0) is 46.1 Å². The average Bonchev–Trinajstić information content (AvgIpc) is 3.35. The largest absolute Gasteiger partial charge is 0.488 e. The van der Waals surface area contributed by atoms with Gasteiger partial charge >= 0.3 is 6.09 Å². The van der Waals surface area contributed by atoms with Crippen LogP contribution in [0.5, 0.6) is 17.2 Å². The number of ether oxygens (including phenoxy) is 5. The number of nitrogens with zero attached hydrogens (tertiary/aromatic N) is 1. The first-order valence-corrected chi connectivity index (χ1v) is 13.1. The number of carbonyl (C=O) groups is 1. The number of carbonyl (C=O) groups excluding carboxylic acids is 1. The normalized spacial score (nSPS) is 18.5. The third-order valence-electron chi connectivity index (χ3n) is 6.60. The van der Waals surface area contributed by atoms with Crippen molar-refractivity contribution in [1.29, 1.82) is 0 Å². The first kappa shape index (κ1) is 27.1. The van der Waals surface area contributed by atoms with Crippen LogP contribution in [-0.4, -0.2) is 54.4 Å². The van der Waals surface area contributed by atoms with Gasteiger partial charge in [0.2, 0.25) is 6.79 Å². The molecule has 202 valence electrons. The third-order valence-corrected chi connectivity index (χ3v) is 6.60. The Hall–Kier alpha value is -2.97. The second kappa shape index (κ2) is 11.6. The summed E-state index contributed by atoms with van der Waals surface area (Å²) >= 11 is 0. The van der Waals surface area contributed by atoms with Gasteiger partial charge in [-0.1, -0.05) is 43.7 Å². The van der Waals surface area contributed by atoms with E-state index < -0.39 is 23.8 Å². The van der Waals surface area contributed by atoms with E-state index in [2.05, 4.69) is 6.92 Å².